The van der Waals surface area contributed by atoms with Gasteiger partial charge in [0.05, 0.1) is 16.6 Å². The highest BCUT2D eigenvalue weighted by atomic mass is 35.5. The summed E-state index contributed by atoms with van der Waals surface area (Å²) in [5, 5.41) is 13.1. The highest BCUT2D eigenvalue weighted by molar-refractivity contribution is 7.98. The second-order valence-corrected chi connectivity index (χ2v) is 9.16. The van der Waals surface area contributed by atoms with E-state index in [9.17, 15) is 4.79 Å². The van der Waals surface area contributed by atoms with E-state index < -0.39 is 0 Å². The second kappa shape index (κ2) is 10.1. The summed E-state index contributed by atoms with van der Waals surface area (Å²) < 4.78 is 1.97. The van der Waals surface area contributed by atoms with Crippen molar-refractivity contribution in [2.75, 3.05) is 0 Å². The minimum absolute atomic E-state index is 0.205. The van der Waals surface area contributed by atoms with Gasteiger partial charge in [0, 0.05) is 12.8 Å². The van der Waals surface area contributed by atoms with E-state index in [1.807, 2.05) is 17.7 Å². The number of hydrogen-bond donors (Lipinski definition) is 1. The fourth-order valence-corrected chi connectivity index (χ4v) is 4.26. The maximum atomic E-state index is 12.8. The Morgan fingerprint density at radius 1 is 1.13 bits per heavy atom. The summed E-state index contributed by atoms with van der Waals surface area (Å²) in [6.07, 6.45) is 0.755. The molecule has 1 atom stereocenters. The van der Waals surface area contributed by atoms with Gasteiger partial charge in [-0.3, -0.25) is 4.79 Å². The molecule has 1 heterocycles. The van der Waals surface area contributed by atoms with Crippen LogP contribution < -0.4 is 5.32 Å². The van der Waals surface area contributed by atoms with Crippen molar-refractivity contribution in [2.45, 2.75) is 44.1 Å². The molecule has 0 aliphatic carbocycles. The van der Waals surface area contributed by atoms with Crippen LogP contribution in [-0.2, 0) is 12.8 Å². The summed E-state index contributed by atoms with van der Waals surface area (Å²) in [5.74, 6) is 1.73. The fraction of sp³-hybridized carbons (Fsp3) is 0.348. The summed E-state index contributed by atoms with van der Waals surface area (Å²) >= 11 is 7.84. The monoisotopic (exact) mass is 442 g/mol. The largest absolute Gasteiger partial charge is 0.342 e. The van der Waals surface area contributed by atoms with Gasteiger partial charge in [0.2, 0.25) is 0 Å². The molecule has 158 valence electrons. The Morgan fingerprint density at radius 2 is 1.83 bits per heavy atom. The Balaban J connectivity index is 1.76. The van der Waals surface area contributed by atoms with Crippen LogP contribution in [0.4, 0.5) is 0 Å². The number of carbonyl (C=O) groups is 1. The van der Waals surface area contributed by atoms with Crippen molar-refractivity contribution >= 4 is 29.3 Å². The van der Waals surface area contributed by atoms with E-state index in [2.05, 4.69) is 60.6 Å². The second-order valence-electron chi connectivity index (χ2n) is 7.81. The Kier molecular flexibility index (Phi) is 7.56. The Bertz CT molecular complexity index is 1000. The van der Waals surface area contributed by atoms with Gasteiger partial charge < -0.3 is 9.88 Å². The highest BCUT2D eigenvalue weighted by Crippen LogP contribution is 2.26. The maximum Gasteiger partial charge on any atom is 0.253 e. The molecule has 0 spiro atoms. The lowest BCUT2D eigenvalue weighted by molar-refractivity contribution is 0.0929. The van der Waals surface area contributed by atoms with Crippen LogP contribution in [0.1, 0.15) is 53.6 Å². The Hall–Kier alpha value is -2.31. The lowest BCUT2D eigenvalue weighted by Crippen LogP contribution is -2.31. The molecule has 3 aromatic rings. The molecule has 5 nitrogen and oxygen atoms in total. The number of halogens is 1. The van der Waals surface area contributed by atoms with Crippen LogP contribution in [0.3, 0.4) is 0 Å². The maximum absolute atomic E-state index is 12.8. The smallest absolute Gasteiger partial charge is 0.253 e. The number of thioether (sulfide) groups is 1. The first-order valence-corrected chi connectivity index (χ1v) is 11.3. The number of nitrogens with zero attached hydrogens (tertiary/aromatic N) is 3. The normalized spacial score (nSPS) is 12.2. The van der Waals surface area contributed by atoms with E-state index in [1.54, 1.807) is 30.0 Å². The lowest BCUT2D eigenvalue weighted by atomic mass is 10.0. The van der Waals surface area contributed by atoms with Crippen molar-refractivity contribution in [3.63, 3.8) is 0 Å². The van der Waals surface area contributed by atoms with Crippen LogP contribution in [0.2, 0.25) is 5.02 Å². The minimum atomic E-state index is -0.250. The van der Waals surface area contributed by atoms with Crippen LogP contribution >= 0.6 is 23.4 Å². The van der Waals surface area contributed by atoms with Gasteiger partial charge in [-0.2, -0.15) is 0 Å². The zero-order chi connectivity index (χ0) is 21.7. The van der Waals surface area contributed by atoms with Crippen LogP contribution in [-0.4, -0.2) is 20.7 Å². The van der Waals surface area contributed by atoms with Gasteiger partial charge in [0.1, 0.15) is 0 Å². The van der Waals surface area contributed by atoms with Crippen LogP contribution in [0.15, 0.2) is 53.7 Å². The molecule has 0 aliphatic rings. The molecular formula is C23H27ClN4OS. The van der Waals surface area contributed by atoms with Crippen molar-refractivity contribution in [3.8, 4) is 0 Å². The first kappa shape index (κ1) is 22.4. The van der Waals surface area contributed by atoms with Crippen LogP contribution in [0, 0.1) is 12.8 Å². The van der Waals surface area contributed by atoms with E-state index in [1.165, 1.54) is 11.1 Å². The van der Waals surface area contributed by atoms with E-state index in [0.29, 0.717) is 16.5 Å². The molecule has 1 amide bonds. The third kappa shape index (κ3) is 5.64. The summed E-state index contributed by atoms with van der Waals surface area (Å²) in [6.45, 7) is 6.33. The molecule has 0 bridgehead atoms. The molecule has 2 aromatic carbocycles. The van der Waals surface area contributed by atoms with Crippen LogP contribution in [0.5, 0.6) is 0 Å². The number of aromatic nitrogens is 3. The van der Waals surface area contributed by atoms with E-state index in [0.717, 1.165) is 23.2 Å². The first-order valence-electron chi connectivity index (χ1n) is 9.98. The van der Waals surface area contributed by atoms with E-state index in [-0.39, 0.29) is 11.9 Å². The number of rotatable bonds is 8. The number of carbonyl (C=O) groups excluding carboxylic acids is 1. The molecule has 1 aromatic heterocycles. The average molecular weight is 443 g/mol. The van der Waals surface area contributed by atoms with Gasteiger partial charge in [0.25, 0.3) is 5.91 Å². The number of nitrogens with one attached hydrogen (secondary N) is 1. The SMILES string of the molecule is Cc1ccc(CSc2nnc([C@H](CC(C)C)NC(=O)c3ccccc3Cl)n2C)cc1. The van der Waals surface area contributed by atoms with Crippen molar-refractivity contribution in [1.29, 1.82) is 0 Å². The summed E-state index contributed by atoms with van der Waals surface area (Å²) in [6, 6.07) is 15.3. The molecule has 7 heteroatoms. The molecule has 0 saturated heterocycles. The lowest BCUT2D eigenvalue weighted by Gasteiger charge is -2.20. The predicted molar refractivity (Wildman–Crippen MR) is 123 cm³/mol. The average Bonchev–Trinajstić information content (AvgIpc) is 3.07. The number of amides is 1. The van der Waals surface area contributed by atoms with Crippen molar-refractivity contribution in [1.82, 2.24) is 20.1 Å². The van der Waals surface area contributed by atoms with Crippen LogP contribution in [0.25, 0.3) is 0 Å². The Labute approximate surface area is 187 Å². The molecule has 30 heavy (non-hydrogen) atoms. The van der Waals surface area contributed by atoms with Gasteiger partial charge in [0.15, 0.2) is 11.0 Å². The summed E-state index contributed by atoms with van der Waals surface area (Å²) in [4.78, 5) is 12.8. The highest BCUT2D eigenvalue weighted by Gasteiger charge is 2.24. The molecule has 0 radical (unpaired) electrons. The fourth-order valence-electron chi connectivity index (χ4n) is 3.17. The third-order valence-corrected chi connectivity index (χ3v) is 6.22. The van der Waals surface area contributed by atoms with E-state index in [4.69, 9.17) is 11.6 Å². The quantitative estimate of drug-likeness (QED) is 0.462. The number of hydrogen-bond acceptors (Lipinski definition) is 4. The minimum Gasteiger partial charge on any atom is -0.342 e. The standard InChI is InChI=1S/C23H27ClN4OS/c1-15(2)13-20(25-22(29)18-7-5-6-8-19(18)24)21-26-27-23(28(21)4)30-14-17-11-9-16(3)10-12-17/h5-12,15,20H,13-14H2,1-4H3,(H,25,29)/t20-/m0/s1. The van der Waals surface area contributed by atoms with Crippen molar-refractivity contribution in [2.24, 2.45) is 13.0 Å². The zero-order valence-electron chi connectivity index (χ0n) is 17.7. The van der Waals surface area contributed by atoms with Crippen molar-refractivity contribution < 1.29 is 4.79 Å². The zero-order valence-corrected chi connectivity index (χ0v) is 19.3. The summed E-state index contributed by atoms with van der Waals surface area (Å²) in [5.41, 5.74) is 2.94. The van der Waals surface area contributed by atoms with Gasteiger partial charge in [-0.15, -0.1) is 10.2 Å². The van der Waals surface area contributed by atoms with Crippen molar-refractivity contribution in [3.05, 3.63) is 76.1 Å². The Morgan fingerprint density at radius 3 is 2.50 bits per heavy atom. The molecule has 1 N–H and O–H groups in total. The molecule has 0 fully saturated rings. The first-order chi connectivity index (χ1) is 14.3. The predicted octanol–water partition coefficient (Wildman–Crippen LogP) is 5.59. The summed E-state index contributed by atoms with van der Waals surface area (Å²) in [7, 11) is 1.95. The topological polar surface area (TPSA) is 59.8 Å². The molecule has 0 unspecified atom stereocenters. The molecule has 0 aliphatic heterocycles. The molecule has 0 saturated carbocycles. The van der Waals surface area contributed by atoms with Gasteiger partial charge >= 0.3 is 0 Å². The molecule has 3 rings (SSSR count). The van der Waals surface area contributed by atoms with Gasteiger partial charge in [-0.05, 0) is 37.0 Å². The number of benzene rings is 2. The molecular weight excluding hydrogens is 416 g/mol. The third-order valence-electron chi connectivity index (χ3n) is 4.80. The van der Waals surface area contributed by atoms with Gasteiger partial charge in [-0.1, -0.05) is 79.2 Å². The van der Waals surface area contributed by atoms with Gasteiger partial charge in [-0.25, -0.2) is 0 Å². The van der Waals surface area contributed by atoms with E-state index >= 15 is 0 Å². The number of aryl methyl sites for hydroxylation is 1.